The van der Waals surface area contributed by atoms with Gasteiger partial charge in [-0.1, -0.05) is 13.8 Å². The number of halogens is 1. The average Bonchev–Trinajstić information content (AvgIpc) is 2.92. The number of nitrogens with one attached hydrogen (secondary N) is 2. The minimum Gasteiger partial charge on any atom is -0.334 e. The first-order chi connectivity index (χ1) is 11.0. The van der Waals surface area contributed by atoms with Crippen LogP contribution in [-0.2, 0) is 13.1 Å². The zero-order chi connectivity index (χ0) is 16.8. The number of carbonyl (C=O) groups excluding carboxylic acids is 1. The number of hydrogen-bond donors (Lipinski definition) is 2. The predicted molar refractivity (Wildman–Crippen MR) is 84.0 cm³/mol. The van der Waals surface area contributed by atoms with E-state index in [2.05, 4.69) is 29.6 Å². The van der Waals surface area contributed by atoms with Crippen LogP contribution in [0.3, 0.4) is 0 Å². The molecule has 2 rings (SSSR count). The zero-order valence-electron chi connectivity index (χ0n) is 13.0. The van der Waals surface area contributed by atoms with Crippen molar-refractivity contribution in [3.8, 4) is 6.07 Å². The van der Waals surface area contributed by atoms with E-state index in [9.17, 15) is 9.18 Å². The quantitative estimate of drug-likeness (QED) is 0.890. The van der Waals surface area contributed by atoms with Crippen molar-refractivity contribution >= 4 is 11.7 Å². The highest BCUT2D eigenvalue weighted by molar-refractivity contribution is 5.88. The summed E-state index contributed by atoms with van der Waals surface area (Å²) in [6.07, 6.45) is 3.29. The third kappa shape index (κ3) is 4.81. The van der Waals surface area contributed by atoms with Crippen molar-refractivity contribution in [3.05, 3.63) is 47.5 Å². The second-order valence-electron chi connectivity index (χ2n) is 5.57. The van der Waals surface area contributed by atoms with E-state index >= 15 is 0 Å². The molecule has 1 heterocycles. The molecule has 2 amide bonds. The topological polar surface area (TPSA) is 82.7 Å². The third-order valence-corrected chi connectivity index (χ3v) is 3.06. The Morgan fingerprint density at radius 1 is 1.48 bits per heavy atom. The van der Waals surface area contributed by atoms with Crippen LogP contribution in [0.1, 0.15) is 25.0 Å². The molecular formula is C16H18FN5O. The second kappa shape index (κ2) is 7.40. The molecule has 23 heavy (non-hydrogen) atoms. The summed E-state index contributed by atoms with van der Waals surface area (Å²) in [6.45, 7) is 4.90. The maximum Gasteiger partial charge on any atom is 0.319 e. The third-order valence-electron chi connectivity index (χ3n) is 3.06. The summed E-state index contributed by atoms with van der Waals surface area (Å²) in [5, 5.41) is 18.1. The molecule has 6 nitrogen and oxygen atoms in total. The number of benzene rings is 1. The van der Waals surface area contributed by atoms with E-state index in [0.717, 1.165) is 6.54 Å². The first-order valence-electron chi connectivity index (χ1n) is 7.23. The Balaban J connectivity index is 1.90. The number of hydrogen-bond acceptors (Lipinski definition) is 3. The van der Waals surface area contributed by atoms with Gasteiger partial charge < -0.3 is 10.6 Å². The number of urea groups is 1. The molecule has 0 unspecified atom stereocenters. The van der Waals surface area contributed by atoms with Crippen LogP contribution < -0.4 is 10.6 Å². The average molecular weight is 315 g/mol. The molecule has 0 aliphatic rings. The lowest BCUT2D eigenvalue weighted by Gasteiger charge is -2.07. The largest absolute Gasteiger partial charge is 0.334 e. The number of rotatable bonds is 5. The van der Waals surface area contributed by atoms with Gasteiger partial charge >= 0.3 is 6.03 Å². The summed E-state index contributed by atoms with van der Waals surface area (Å²) < 4.78 is 15.4. The molecular weight excluding hydrogens is 297 g/mol. The number of amides is 2. The fraction of sp³-hybridized carbons (Fsp3) is 0.312. The second-order valence-corrected chi connectivity index (χ2v) is 5.57. The molecule has 0 saturated carbocycles. The maximum atomic E-state index is 13.6. The molecule has 1 aromatic carbocycles. The van der Waals surface area contributed by atoms with Gasteiger partial charge in [-0.05, 0) is 24.1 Å². The van der Waals surface area contributed by atoms with Gasteiger partial charge in [0.25, 0.3) is 0 Å². The molecule has 0 saturated heterocycles. The van der Waals surface area contributed by atoms with Gasteiger partial charge in [0.05, 0.1) is 23.5 Å². The molecule has 0 aliphatic heterocycles. The van der Waals surface area contributed by atoms with E-state index in [4.69, 9.17) is 5.26 Å². The molecule has 2 N–H and O–H groups in total. The molecule has 0 aliphatic carbocycles. The van der Waals surface area contributed by atoms with Crippen LogP contribution in [-0.4, -0.2) is 15.8 Å². The number of carbonyl (C=O) groups is 1. The first kappa shape index (κ1) is 16.5. The summed E-state index contributed by atoms with van der Waals surface area (Å²) in [4.78, 5) is 11.8. The molecule has 0 spiro atoms. The number of nitrogens with zero attached hydrogens (tertiary/aromatic N) is 3. The van der Waals surface area contributed by atoms with Gasteiger partial charge in [-0.3, -0.25) is 4.68 Å². The van der Waals surface area contributed by atoms with E-state index in [1.165, 1.54) is 18.2 Å². The van der Waals surface area contributed by atoms with E-state index in [0.29, 0.717) is 17.2 Å². The monoisotopic (exact) mass is 315 g/mol. The molecule has 0 bridgehead atoms. The van der Waals surface area contributed by atoms with Gasteiger partial charge in [0.2, 0.25) is 0 Å². The van der Waals surface area contributed by atoms with Crippen molar-refractivity contribution < 1.29 is 9.18 Å². The lowest BCUT2D eigenvalue weighted by Crippen LogP contribution is -2.28. The summed E-state index contributed by atoms with van der Waals surface area (Å²) in [6, 6.07) is 5.49. The maximum absolute atomic E-state index is 13.6. The van der Waals surface area contributed by atoms with Gasteiger partial charge in [-0.2, -0.15) is 10.4 Å². The molecule has 1 aromatic heterocycles. The van der Waals surface area contributed by atoms with Crippen LogP contribution in [0, 0.1) is 23.1 Å². The van der Waals surface area contributed by atoms with Gasteiger partial charge in [-0.25, -0.2) is 9.18 Å². The van der Waals surface area contributed by atoms with Crippen molar-refractivity contribution in [1.29, 1.82) is 5.26 Å². The summed E-state index contributed by atoms with van der Waals surface area (Å²) in [7, 11) is 0. The normalized spacial score (nSPS) is 10.4. The van der Waals surface area contributed by atoms with Gasteiger partial charge in [0, 0.05) is 24.8 Å². The fourth-order valence-corrected chi connectivity index (χ4v) is 2.03. The number of nitriles is 1. The molecule has 0 atom stereocenters. The smallest absolute Gasteiger partial charge is 0.319 e. The minimum atomic E-state index is -0.464. The zero-order valence-corrected chi connectivity index (χ0v) is 13.0. The van der Waals surface area contributed by atoms with Crippen LogP contribution in [0.2, 0.25) is 0 Å². The SMILES string of the molecule is CC(C)Cn1cc(NC(=O)NCc2cc(C#N)ccc2F)cn1. The fourth-order valence-electron chi connectivity index (χ4n) is 2.03. The van der Waals surface area contributed by atoms with E-state index in [1.54, 1.807) is 17.1 Å². The first-order valence-corrected chi connectivity index (χ1v) is 7.23. The van der Waals surface area contributed by atoms with E-state index in [-0.39, 0.29) is 12.1 Å². The molecule has 0 fully saturated rings. The Morgan fingerprint density at radius 2 is 2.26 bits per heavy atom. The highest BCUT2D eigenvalue weighted by Crippen LogP contribution is 2.10. The van der Waals surface area contributed by atoms with Crippen molar-refractivity contribution in [2.24, 2.45) is 5.92 Å². The lowest BCUT2D eigenvalue weighted by atomic mass is 10.1. The lowest BCUT2D eigenvalue weighted by molar-refractivity contribution is 0.251. The van der Waals surface area contributed by atoms with Crippen LogP contribution in [0.25, 0.3) is 0 Å². The molecule has 7 heteroatoms. The Morgan fingerprint density at radius 3 is 2.96 bits per heavy atom. The Kier molecular flexibility index (Phi) is 5.31. The summed E-state index contributed by atoms with van der Waals surface area (Å²) >= 11 is 0. The van der Waals surface area contributed by atoms with Gasteiger partial charge in [-0.15, -0.1) is 0 Å². The van der Waals surface area contributed by atoms with Crippen LogP contribution in [0.5, 0.6) is 0 Å². The van der Waals surface area contributed by atoms with Crippen LogP contribution in [0.15, 0.2) is 30.6 Å². The molecule has 0 radical (unpaired) electrons. The summed E-state index contributed by atoms with van der Waals surface area (Å²) in [5.74, 6) is -0.0129. The minimum absolute atomic E-state index is 0.00663. The van der Waals surface area contributed by atoms with Crippen LogP contribution >= 0.6 is 0 Å². The van der Waals surface area contributed by atoms with Crippen molar-refractivity contribution in [3.63, 3.8) is 0 Å². The van der Waals surface area contributed by atoms with E-state index in [1.807, 2.05) is 6.07 Å². The number of aromatic nitrogens is 2. The van der Waals surface area contributed by atoms with Crippen molar-refractivity contribution in [2.75, 3.05) is 5.32 Å². The molecule has 120 valence electrons. The Bertz CT molecular complexity index is 732. The molecule has 2 aromatic rings. The highest BCUT2D eigenvalue weighted by Gasteiger charge is 2.08. The Labute approximate surface area is 133 Å². The standard InChI is InChI=1S/C16H18FN5O/c1-11(2)9-22-10-14(8-20-22)21-16(23)19-7-13-5-12(6-18)3-4-15(13)17/h3-5,8,10-11H,7,9H2,1-2H3,(H2,19,21,23). The summed E-state index contributed by atoms with van der Waals surface area (Å²) in [5.41, 5.74) is 1.17. The van der Waals surface area contributed by atoms with Gasteiger partial charge in [0.1, 0.15) is 5.82 Å². The Hall–Kier alpha value is -2.88. The number of anilines is 1. The van der Waals surface area contributed by atoms with Gasteiger partial charge in [0.15, 0.2) is 0 Å². The van der Waals surface area contributed by atoms with E-state index < -0.39 is 11.8 Å². The van der Waals surface area contributed by atoms with Crippen LogP contribution in [0.4, 0.5) is 14.9 Å². The van der Waals surface area contributed by atoms with Crippen molar-refractivity contribution in [1.82, 2.24) is 15.1 Å². The highest BCUT2D eigenvalue weighted by atomic mass is 19.1. The predicted octanol–water partition coefficient (Wildman–Crippen LogP) is 2.87. The van der Waals surface area contributed by atoms with Crippen molar-refractivity contribution in [2.45, 2.75) is 26.9 Å².